The van der Waals surface area contributed by atoms with E-state index in [2.05, 4.69) is 0 Å². The number of carbonyl (C=O) groups is 1. The van der Waals surface area contributed by atoms with Crippen LogP contribution in [0.25, 0.3) is 22.3 Å². The van der Waals surface area contributed by atoms with Crippen LogP contribution in [0.3, 0.4) is 0 Å². The van der Waals surface area contributed by atoms with Crippen LogP contribution in [-0.2, 0) is 4.79 Å². The standard InChI is InChI=1S/C23H22O5/c1-26-17-9-7-15(8-10-17)22-14-20(24)19-13-18(11-12-21(19)28-22)27-23(25)16-5-3-2-4-6-16/h7-14,16H,2-6H2,1H3. The Morgan fingerprint density at radius 1 is 0.964 bits per heavy atom. The van der Waals surface area contributed by atoms with E-state index in [9.17, 15) is 9.59 Å². The number of fused-ring (bicyclic) bond motifs is 1. The Balaban J connectivity index is 1.60. The Morgan fingerprint density at radius 2 is 1.68 bits per heavy atom. The van der Waals surface area contributed by atoms with Gasteiger partial charge in [-0.05, 0) is 55.3 Å². The maximum absolute atomic E-state index is 12.6. The first-order valence-corrected chi connectivity index (χ1v) is 9.58. The third-order valence-corrected chi connectivity index (χ3v) is 5.23. The second kappa shape index (κ2) is 7.89. The first kappa shape index (κ1) is 18.3. The molecule has 0 radical (unpaired) electrons. The van der Waals surface area contributed by atoms with Gasteiger partial charge < -0.3 is 13.9 Å². The monoisotopic (exact) mass is 378 g/mol. The zero-order chi connectivity index (χ0) is 19.5. The molecule has 2 aromatic carbocycles. The molecule has 28 heavy (non-hydrogen) atoms. The lowest BCUT2D eigenvalue weighted by Gasteiger charge is -2.19. The number of ether oxygens (including phenoxy) is 2. The summed E-state index contributed by atoms with van der Waals surface area (Å²) in [4.78, 5) is 25.0. The highest BCUT2D eigenvalue weighted by molar-refractivity contribution is 5.82. The van der Waals surface area contributed by atoms with Gasteiger partial charge in [-0.3, -0.25) is 9.59 Å². The minimum absolute atomic E-state index is 0.0432. The molecule has 0 bridgehead atoms. The van der Waals surface area contributed by atoms with Gasteiger partial charge in [0.2, 0.25) is 0 Å². The van der Waals surface area contributed by atoms with E-state index in [1.165, 1.54) is 12.5 Å². The molecule has 4 rings (SSSR count). The molecule has 0 atom stereocenters. The molecule has 5 heteroatoms. The lowest BCUT2D eigenvalue weighted by molar-refractivity contribution is -0.139. The van der Waals surface area contributed by atoms with Crippen LogP contribution in [0.4, 0.5) is 0 Å². The summed E-state index contributed by atoms with van der Waals surface area (Å²) in [7, 11) is 1.60. The van der Waals surface area contributed by atoms with Crippen LogP contribution in [-0.4, -0.2) is 13.1 Å². The molecule has 0 spiro atoms. The van der Waals surface area contributed by atoms with E-state index >= 15 is 0 Å². The molecule has 5 nitrogen and oxygen atoms in total. The van der Waals surface area contributed by atoms with E-state index in [1.807, 2.05) is 24.3 Å². The number of rotatable bonds is 4. The van der Waals surface area contributed by atoms with Crippen molar-refractivity contribution in [1.82, 2.24) is 0 Å². The van der Waals surface area contributed by atoms with Crippen LogP contribution in [0.2, 0.25) is 0 Å². The summed E-state index contributed by atoms with van der Waals surface area (Å²) in [6.45, 7) is 0. The first-order chi connectivity index (χ1) is 13.6. The fourth-order valence-electron chi connectivity index (χ4n) is 3.63. The fourth-order valence-corrected chi connectivity index (χ4v) is 3.63. The van der Waals surface area contributed by atoms with E-state index in [-0.39, 0.29) is 17.3 Å². The van der Waals surface area contributed by atoms with Crippen molar-refractivity contribution in [3.8, 4) is 22.8 Å². The van der Waals surface area contributed by atoms with Gasteiger partial charge in [0.1, 0.15) is 22.8 Å². The molecular formula is C23H22O5. The molecule has 144 valence electrons. The number of esters is 1. The van der Waals surface area contributed by atoms with Crippen LogP contribution in [0.1, 0.15) is 32.1 Å². The van der Waals surface area contributed by atoms with Gasteiger partial charge in [0.25, 0.3) is 0 Å². The SMILES string of the molecule is COc1ccc(-c2cc(=O)c3cc(OC(=O)C4CCCCC4)ccc3o2)cc1. The second-order valence-corrected chi connectivity index (χ2v) is 7.12. The molecule has 1 aliphatic rings. The van der Waals surface area contributed by atoms with Gasteiger partial charge in [0.05, 0.1) is 18.4 Å². The maximum atomic E-state index is 12.6. The van der Waals surface area contributed by atoms with Gasteiger partial charge in [-0.1, -0.05) is 19.3 Å². The molecule has 1 aliphatic carbocycles. The quantitative estimate of drug-likeness (QED) is 0.474. The Kier molecular flexibility index (Phi) is 5.15. The van der Waals surface area contributed by atoms with Gasteiger partial charge in [0.15, 0.2) is 5.43 Å². The Bertz CT molecular complexity index is 1040. The summed E-state index contributed by atoms with van der Waals surface area (Å²) in [6, 6.07) is 13.7. The topological polar surface area (TPSA) is 65.7 Å². The third kappa shape index (κ3) is 3.79. The van der Waals surface area contributed by atoms with Crippen molar-refractivity contribution in [2.24, 2.45) is 5.92 Å². The first-order valence-electron chi connectivity index (χ1n) is 9.58. The van der Waals surface area contributed by atoms with Crippen LogP contribution < -0.4 is 14.9 Å². The van der Waals surface area contributed by atoms with Crippen molar-refractivity contribution in [2.45, 2.75) is 32.1 Å². The van der Waals surface area contributed by atoms with Crippen LogP contribution in [0, 0.1) is 5.92 Å². The van der Waals surface area contributed by atoms with Crippen LogP contribution in [0.5, 0.6) is 11.5 Å². The van der Waals surface area contributed by atoms with E-state index in [0.29, 0.717) is 22.5 Å². The molecule has 0 amide bonds. The van der Waals surface area contributed by atoms with E-state index in [0.717, 1.165) is 37.0 Å². The van der Waals surface area contributed by atoms with Gasteiger partial charge in [-0.2, -0.15) is 0 Å². The number of hydrogen-bond donors (Lipinski definition) is 0. The Hall–Kier alpha value is -3.08. The molecule has 1 aromatic heterocycles. The van der Waals surface area contributed by atoms with Crippen molar-refractivity contribution in [1.29, 1.82) is 0 Å². The van der Waals surface area contributed by atoms with Gasteiger partial charge in [-0.15, -0.1) is 0 Å². The summed E-state index contributed by atoms with van der Waals surface area (Å²) >= 11 is 0. The zero-order valence-electron chi connectivity index (χ0n) is 15.8. The minimum Gasteiger partial charge on any atom is -0.497 e. The number of carbonyl (C=O) groups excluding carboxylic acids is 1. The molecule has 3 aromatic rings. The Labute approximate surface area is 162 Å². The molecule has 0 saturated heterocycles. The highest BCUT2D eigenvalue weighted by atomic mass is 16.5. The summed E-state index contributed by atoms with van der Waals surface area (Å²) in [6.07, 6.45) is 5.06. The average molecular weight is 378 g/mol. The summed E-state index contributed by atoms with van der Waals surface area (Å²) in [5.41, 5.74) is 1.06. The zero-order valence-corrected chi connectivity index (χ0v) is 15.8. The number of methoxy groups -OCH3 is 1. The molecular weight excluding hydrogens is 356 g/mol. The smallest absolute Gasteiger partial charge is 0.314 e. The van der Waals surface area contributed by atoms with Crippen molar-refractivity contribution < 1.29 is 18.7 Å². The van der Waals surface area contributed by atoms with Gasteiger partial charge >= 0.3 is 5.97 Å². The van der Waals surface area contributed by atoms with Crippen molar-refractivity contribution in [3.63, 3.8) is 0 Å². The lowest BCUT2D eigenvalue weighted by atomic mass is 9.89. The number of benzene rings is 2. The summed E-state index contributed by atoms with van der Waals surface area (Å²) < 4.78 is 16.6. The lowest BCUT2D eigenvalue weighted by Crippen LogP contribution is -2.22. The molecule has 0 aliphatic heterocycles. The van der Waals surface area contributed by atoms with Crippen LogP contribution >= 0.6 is 0 Å². The highest BCUT2D eigenvalue weighted by Gasteiger charge is 2.23. The van der Waals surface area contributed by atoms with Gasteiger partial charge in [-0.25, -0.2) is 0 Å². The predicted molar refractivity (Wildman–Crippen MR) is 107 cm³/mol. The second-order valence-electron chi connectivity index (χ2n) is 7.12. The fraction of sp³-hybridized carbons (Fsp3) is 0.304. The summed E-state index contributed by atoms with van der Waals surface area (Å²) in [5, 5.41) is 0.395. The average Bonchev–Trinajstić information content (AvgIpc) is 2.74. The van der Waals surface area contributed by atoms with E-state index in [1.54, 1.807) is 25.3 Å². The minimum atomic E-state index is -0.210. The Morgan fingerprint density at radius 3 is 2.39 bits per heavy atom. The van der Waals surface area contributed by atoms with E-state index in [4.69, 9.17) is 13.9 Å². The van der Waals surface area contributed by atoms with E-state index < -0.39 is 0 Å². The summed E-state index contributed by atoms with van der Waals surface area (Å²) in [5.74, 6) is 1.34. The van der Waals surface area contributed by atoms with Gasteiger partial charge in [0, 0.05) is 11.6 Å². The predicted octanol–water partition coefficient (Wildman–Crippen LogP) is 4.95. The maximum Gasteiger partial charge on any atom is 0.314 e. The molecule has 1 saturated carbocycles. The third-order valence-electron chi connectivity index (χ3n) is 5.23. The molecule has 0 unspecified atom stereocenters. The van der Waals surface area contributed by atoms with Crippen LogP contribution in [0.15, 0.2) is 57.7 Å². The normalized spacial score (nSPS) is 14.8. The largest absolute Gasteiger partial charge is 0.497 e. The number of hydrogen-bond acceptors (Lipinski definition) is 5. The molecule has 1 fully saturated rings. The molecule has 1 heterocycles. The van der Waals surface area contributed by atoms with Crippen molar-refractivity contribution >= 4 is 16.9 Å². The highest BCUT2D eigenvalue weighted by Crippen LogP contribution is 2.28. The van der Waals surface area contributed by atoms with Crippen molar-refractivity contribution in [3.05, 3.63) is 58.8 Å². The molecule has 0 N–H and O–H groups in total. The van der Waals surface area contributed by atoms with Crippen molar-refractivity contribution in [2.75, 3.05) is 7.11 Å².